The van der Waals surface area contributed by atoms with E-state index in [1.165, 1.54) is 0 Å². The number of oxazole rings is 1. The molecule has 0 unspecified atom stereocenters. The van der Waals surface area contributed by atoms with E-state index in [0.29, 0.717) is 0 Å². The van der Waals surface area contributed by atoms with Crippen LogP contribution in [0.3, 0.4) is 0 Å². The first-order chi connectivity index (χ1) is 9.00. The van der Waals surface area contributed by atoms with E-state index in [-0.39, 0.29) is 18.3 Å². The maximum absolute atomic E-state index is 12.2. The number of nitrogens with one attached hydrogen (secondary N) is 1. The van der Waals surface area contributed by atoms with Crippen molar-refractivity contribution in [2.45, 2.75) is 44.9 Å². The largest absolute Gasteiger partial charge is 0.434 e. The molecule has 1 aromatic rings. The zero-order valence-electron chi connectivity index (χ0n) is 10.5. The Morgan fingerprint density at radius 2 is 1.75 bits per heavy atom. The predicted molar refractivity (Wildman–Crippen MR) is 55.0 cm³/mol. The van der Waals surface area contributed by atoms with Crippen LogP contribution in [0.25, 0.3) is 0 Å². The van der Waals surface area contributed by atoms with E-state index in [0.717, 1.165) is 6.26 Å². The first kappa shape index (κ1) is 16.6. The van der Waals surface area contributed by atoms with Gasteiger partial charge in [0.2, 0.25) is 0 Å². The second-order valence-corrected chi connectivity index (χ2v) is 4.22. The Morgan fingerprint density at radius 1 is 1.20 bits per heavy atom. The molecule has 0 bridgehead atoms. The van der Waals surface area contributed by atoms with Gasteiger partial charge in [-0.25, -0.2) is 0 Å². The summed E-state index contributed by atoms with van der Waals surface area (Å²) in [6.45, 7) is 3.74. The van der Waals surface area contributed by atoms with Crippen molar-refractivity contribution in [2.24, 2.45) is 0 Å². The minimum Gasteiger partial charge on any atom is -0.427 e. The van der Waals surface area contributed by atoms with Crippen LogP contribution in [0, 0.1) is 0 Å². The number of hydrogen-bond donors (Lipinski definition) is 1. The van der Waals surface area contributed by atoms with Crippen molar-refractivity contribution in [1.29, 1.82) is 0 Å². The van der Waals surface area contributed by atoms with Crippen LogP contribution in [0.1, 0.15) is 19.5 Å². The molecule has 1 N–H and O–H groups in total. The van der Waals surface area contributed by atoms with E-state index >= 15 is 0 Å². The van der Waals surface area contributed by atoms with Crippen LogP contribution in [0.4, 0.5) is 26.3 Å². The third kappa shape index (κ3) is 4.91. The number of aromatic nitrogens is 1. The van der Waals surface area contributed by atoms with Crippen LogP contribution < -0.4 is 10.1 Å². The average Bonchev–Trinajstić information content (AvgIpc) is 2.67. The van der Waals surface area contributed by atoms with E-state index in [1.54, 1.807) is 13.8 Å². The highest BCUT2D eigenvalue weighted by atomic mass is 19.4. The van der Waals surface area contributed by atoms with Gasteiger partial charge in [-0.3, -0.25) is 0 Å². The van der Waals surface area contributed by atoms with Gasteiger partial charge in [0, 0.05) is 12.6 Å². The lowest BCUT2D eigenvalue weighted by Crippen LogP contribution is -2.46. The van der Waals surface area contributed by atoms with Gasteiger partial charge >= 0.3 is 18.4 Å². The molecule has 20 heavy (non-hydrogen) atoms. The van der Waals surface area contributed by atoms with Crippen LogP contribution in [0.15, 0.2) is 10.7 Å². The Hall–Kier alpha value is -1.45. The van der Waals surface area contributed by atoms with Crippen molar-refractivity contribution in [2.75, 3.05) is 0 Å². The lowest BCUT2D eigenvalue weighted by Gasteiger charge is -2.21. The van der Waals surface area contributed by atoms with Crippen molar-refractivity contribution < 1.29 is 35.5 Å². The summed E-state index contributed by atoms with van der Waals surface area (Å²) in [4.78, 5) is 3.40. The Balaban J connectivity index is 2.75. The fourth-order valence-electron chi connectivity index (χ4n) is 1.15. The van der Waals surface area contributed by atoms with Crippen LogP contribution >= 0.6 is 0 Å². The fraction of sp³-hybridized carbons (Fsp3) is 0.700. The number of nitrogens with zero attached hydrogens (tertiary/aromatic N) is 1. The summed E-state index contributed by atoms with van der Waals surface area (Å²) in [5, 5.41) is 2.87. The molecule has 0 radical (unpaired) electrons. The van der Waals surface area contributed by atoms with E-state index in [2.05, 4.69) is 19.5 Å². The summed E-state index contributed by atoms with van der Waals surface area (Å²) in [6, 6.07) is 0.0640. The lowest BCUT2D eigenvalue weighted by atomic mass is 10.3. The second kappa shape index (κ2) is 5.90. The first-order valence-corrected chi connectivity index (χ1v) is 5.48. The summed E-state index contributed by atoms with van der Waals surface area (Å²) in [6.07, 6.45) is -15.3. The Morgan fingerprint density at radius 3 is 2.20 bits per heavy atom. The van der Waals surface area contributed by atoms with Gasteiger partial charge < -0.3 is 14.5 Å². The Labute approximate surface area is 110 Å². The van der Waals surface area contributed by atoms with Crippen LogP contribution in [-0.4, -0.2) is 29.5 Å². The summed E-state index contributed by atoms with van der Waals surface area (Å²) >= 11 is 0. The molecule has 116 valence electrons. The van der Waals surface area contributed by atoms with E-state index in [1.807, 2.05) is 0 Å². The number of alkyl halides is 6. The summed E-state index contributed by atoms with van der Waals surface area (Å²) in [5.41, 5.74) is 0.136. The van der Waals surface area contributed by atoms with Crippen LogP contribution in [-0.2, 0) is 6.54 Å². The molecule has 0 amide bonds. The summed E-state index contributed by atoms with van der Waals surface area (Å²) < 4.78 is 81.6. The van der Waals surface area contributed by atoms with Gasteiger partial charge in [0.25, 0.3) is 6.10 Å². The molecule has 1 rings (SSSR count). The maximum Gasteiger partial charge on any atom is 0.434 e. The molecular weight excluding hydrogens is 294 g/mol. The molecule has 0 spiro atoms. The average molecular weight is 306 g/mol. The number of rotatable bonds is 5. The van der Waals surface area contributed by atoms with Gasteiger partial charge in [0.15, 0.2) is 0 Å². The van der Waals surface area contributed by atoms with Crippen LogP contribution in [0.2, 0.25) is 0 Å². The Kier molecular flexibility index (Phi) is 4.90. The highest BCUT2D eigenvalue weighted by molar-refractivity contribution is 5.01. The quantitative estimate of drug-likeness (QED) is 0.849. The predicted octanol–water partition coefficient (Wildman–Crippen LogP) is 3.04. The van der Waals surface area contributed by atoms with Gasteiger partial charge in [-0.05, 0) is 0 Å². The number of hydrogen-bond acceptors (Lipinski definition) is 4. The molecule has 10 heteroatoms. The fourth-order valence-corrected chi connectivity index (χ4v) is 1.15. The molecule has 0 aliphatic carbocycles. The topological polar surface area (TPSA) is 47.3 Å². The van der Waals surface area contributed by atoms with Gasteiger partial charge in [-0.15, -0.1) is 0 Å². The number of ether oxygens (including phenoxy) is 1. The zero-order chi connectivity index (χ0) is 15.6. The van der Waals surface area contributed by atoms with Gasteiger partial charge in [-0.2, -0.15) is 31.3 Å². The van der Waals surface area contributed by atoms with Gasteiger partial charge in [0.1, 0.15) is 6.26 Å². The number of halogens is 6. The first-order valence-electron chi connectivity index (χ1n) is 5.48. The van der Waals surface area contributed by atoms with Crippen molar-refractivity contribution in [3.05, 3.63) is 12.0 Å². The third-order valence-corrected chi connectivity index (χ3v) is 2.04. The van der Waals surface area contributed by atoms with Crippen molar-refractivity contribution in [1.82, 2.24) is 10.3 Å². The minimum absolute atomic E-state index is 0.0640. The summed E-state index contributed by atoms with van der Waals surface area (Å²) in [5.74, 6) is 0. The maximum atomic E-state index is 12.2. The normalized spacial score (nSPS) is 13.3. The van der Waals surface area contributed by atoms with E-state index in [4.69, 9.17) is 0 Å². The van der Waals surface area contributed by atoms with E-state index in [9.17, 15) is 26.3 Å². The standard InChI is InChI=1S/C10H12F6N2O2/c1-5(2)17-3-6-4-19-8(18-6)20-7(9(11,12)13)10(14,15)16/h4-5,7,17H,3H2,1-2H3. The molecule has 4 nitrogen and oxygen atoms in total. The molecule has 0 saturated carbocycles. The zero-order valence-corrected chi connectivity index (χ0v) is 10.5. The second-order valence-electron chi connectivity index (χ2n) is 4.22. The van der Waals surface area contributed by atoms with Crippen molar-refractivity contribution in [3.8, 4) is 6.08 Å². The SMILES string of the molecule is CC(C)NCc1coc(OC(C(F)(F)F)C(F)(F)F)n1. The summed E-state index contributed by atoms with van der Waals surface area (Å²) in [7, 11) is 0. The Bertz CT molecular complexity index is 412. The molecule has 0 fully saturated rings. The molecule has 1 heterocycles. The van der Waals surface area contributed by atoms with Crippen LogP contribution in [0.5, 0.6) is 6.08 Å². The van der Waals surface area contributed by atoms with Crippen molar-refractivity contribution >= 4 is 0 Å². The molecule has 0 atom stereocenters. The highest BCUT2D eigenvalue weighted by Crippen LogP contribution is 2.36. The molecular formula is C10H12F6N2O2. The van der Waals surface area contributed by atoms with Gasteiger partial charge in [0.05, 0.1) is 5.69 Å². The highest BCUT2D eigenvalue weighted by Gasteiger charge is 2.59. The third-order valence-electron chi connectivity index (χ3n) is 2.04. The lowest BCUT2D eigenvalue weighted by molar-refractivity contribution is -0.303. The van der Waals surface area contributed by atoms with E-state index < -0.39 is 24.5 Å². The molecule has 0 aliphatic heterocycles. The van der Waals surface area contributed by atoms with Gasteiger partial charge in [-0.1, -0.05) is 13.8 Å². The van der Waals surface area contributed by atoms with Crippen molar-refractivity contribution in [3.63, 3.8) is 0 Å². The molecule has 0 saturated heterocycles. The molecule has 0 aliphatic rings. The monoisotopic (exact) mass is 306 g/mol. The minimum atomic E-state index is -5.61. The molecule has 0 aromatic carbocycles. The molecule has 1 aromatic heterocycles. The smallest absolute Gasteiger partial charge is 0.427 e.